The van der Waals surface area contributed by atoms with Gasteiger partial charge in [-0.25, -0.2) is 0 Å². The molecule has 0 aromatic heterocycles. The Morgan fingerprint density at radius 1 is 1.08 bits per heavy atom. The highest BCUT2D eigenvalue weighted by Crippen LogP contribution is 2.27. The van der Waals surface area contributed by atoms with Crippen molar-refractivity contribution in [1.29, 1.82) is 0 Å². The zero-order valence-electron chi connectivity index (χ0n) is 13.0. The molecule has 1 amide bonds. The van der Waals surface area contributed by atoms with Gasteiger partial charge in [0, 0.05) is 17.8 Å². The molecule has 2 aromatic rings. The topological polar surface area (TPSA) is 127 Å². The molecule has 0 unspecified atom stereocenters. The Balaban J connectivity index is 2.06. The zero-order chi connectivity index (χ0) is 18.6. The molecule has 0 aliphatic heterocycles. The lowest BCUT2D eigenvalue weighted by Crippen LogP contribution is -2.22. The number of aryl methyl sites for hydroxylation is 1. The van der Waals surface area contributed by atoms with Crippen LogP contribution in [0, 0.1) is 27.2 Å². The zero-order valence-corrected chi connectivity index (χ0v) is 13.7. The van der Waals surface area contributed by atoms with Gasteiger partial charge in [0.15, 0.2) is 0 Å². The van der Waals surface area contributed by atoms with E-state index < -0.39 is 15.8 Å². The molecule has 0 aliphatic rings. The van der Waals surface area contributed by atoms with Gasteiger partial charge in [-0.3, -0.25) is 25.0 Å². The first-order chi connectivity index (χ1) is 11.8. The second-order valence-electron chi connectivity index (χ2n) is 5.10. The van der Waals surface area contributed by atoms with E-state index in [9.17, 15) is 25.0 Å². The molecule has 0 bridgehead atoms. The van der Waals surface area contributed by atoms with Crippen LogP contribution in [0.1, 0.15) is 5.56 Å². The van der Waals surface area contributed by atoms with Crippen molar-refractivity contribution in [2.45, 2.75) is 6.92 Å². The maximum atomic E-state index is 12.0. The Bertz CT molecular complexity index is 856. The summed E-state index contributed by atoms with van der Waals surface area (Å²) in [5.41, 5.74) is 0.585. The summed E-state index contributed by atoms with van der Waals surface area (Å²) in [4.78, 5) is 32.6. The van der Waals surface area contributed by atoms with E-state index in [0.717, 1.165) is 0 Å². The fourth-order valence-electron chi connectivity index (χ4n) is 2.04. The number of nitro groups is 2. The third kappa shape index (κ3) is 4.64. The fraction of sp³-hybridized carbons (Fsp3) is 0.133. The van der Waals surface area contributed by atoms with Crippen molar-refractivity contribution in [2.75, 3.05) is 17.2 Å². The first kappa shape index (κ1) is 18.1. The minimum Gasteiger partial charge on any atom is -0.376 e. The minimum atomic E-state index is -0.636. The number of carbonyl (C=O) groups is 1. The molecule has 0 radical (unpaired) electrons. The van der Waals surface area contributed by atoms with Crippen LogP contribution in [0.5, 0.6) is 0 Å². The number of hydrogen-bond donors (Lipinski definition) is 2. The summed E-state index contributed by atoms with van der Waals surface area (Å²) >= 11 is 5.71. The Morgan fingerprint density at radius 3 is 2.40 bits per heavy atom. The fourth-order valence-corrected chi connectivity index (χ4v) is 2.22. The predicted octanol–water partition coefficient (Wildman–Crippen LogP) is 3.52. The van der Waals surface area contributed by atoms with Crippen molar-refractivity contribution < 1.29 is 14.6 Å². The van der Waals surface area contributed by atoms with Crippen molar-refractivity contribution in [1.82, 2.24) is 0 Å². The Hall–Kier alpha value is -3.20. The van der Waals surface area contributed by atoms with Gasteiger partial charge in [-0.15, -0.1) is 0 Å². The third-order valence-electron chi connectivity index (χ3n) is 3.22. The third-order valence-corrected chi connectivity index (χ3v) is 3.54. The van der Waals surface area contributed by atoms with Crippen LogP contribution >= 0.6 is 11.6 Å². The second kappa shape index (κ2) is 7.58. The van der Waals surface area contributed by atoms with E-state index in [1.807, 2.05) is 0 Å². The first-order valence-electron chi connectivity index (χ1n) is 7.00. The van der Waals surface area contributed by atoms with Crippen LogP contribution in [0.4, 0.5) is 22.7 Å². The van der Waals surface area contributed by atoms with Gasteiger partial charge < -0.3 is 10.6 Å². The molecule has 0 atom stereocenters. The van der Waals surface area contributed by atoms with Crippen molar-refractivity contribution in [2.24, 2.45) is 0 Å². The van der Waals surface area contributed by atoms with Crippen LogP contribution in [0.15, 0.2) is 36.4 Å². The van der Waals surface area contributed by atoms with Crippen LogP contribution in [-0.2, 0) is 4.79 Å². The lowest BCUT2D eigenvalue weighted by Gasteiger charge is -2.09. The Kier molecular flexibility index (Phi) is 5.50. The molecule has 130 valence electrons. The van der Waals surface area contributed by atoms with Gasteiger partial charge in [0.25, 0.3) is 11.4 Å². The number of nitrogens with zero attached hydrogens (tertiary/aromatic N) is 2. The number of nitro benzene ring substituents is 2. The molecule has 0 spiro atoms. The van der Waals surface area contributed by atoms with E-state index in [-0.39, 0.29) is 28.6 Å². The predicted molar refractivity (Wildman–Crippen MR) is 93.1 cm³/mol. The summed E-state index contributed by atoms with van der Waals surface area (Å²) in [6, 6.07) is 8.45. The lowest BCUT2D eigenvalue weighted by atomic mass is 10.2. The highest BCUT2D eigenvalue weighted by atomic mass is 35.5. The maximum absolute atomic E-state index is 12.0. The monoisotopic (exact) mass is 364 g/mol. The number of amides is 1. The number of benzene rings is 2. The molecular weight excluding hydrogens is 352 g/mol. The number of halogens is 1. The highest BCUT2D eigenvalue weighted by molar-refractivity contribution is 6.32. The average Bonchev–Trinajstić information content (AvgIpc) is 2.55. The molecule has 2 rings (SSSR count). The van der Waals surface area contributed by atoms with Crippen LogP contribution < -0.4 is 10.6 Å². The van der Waals surface area contributed by atoms with E-state index in [1.165, 1.54) is 30.3 Å². The molecule has 10 heteroatoms. The quantitative estimate of drug-likeness (QED) is 0.596. The van der Waals surface area contributed by atoms with E-state index in [4.69, 9.17) is 11.6 Å². The standard InChI is InChI=1S/C15H13ClN4O5/c1-9-2-5-12(14(6-9)20(24)25)18-15(21)8-17-10-3-4-11(16)13(7-10)19(22)23/h2-7,17H,8H2,1H3,(H,18,21). The van der Waals surface area contributed by atoms with Crippen LogP contribution in [0.25, 0.3) is 0 Å². The van der Waals surface area contributed by atoms with E-state index in [1.54, 1.807) is 13.0 Å². The van der Waals surface area contributed by atoms with Crippen LogP contribution in [-0.4, -0.2) is 22.3 Å². The number of rotatable bonds is 6. The summed E-state index contributed by atoms with van der Waals surface area (Å²) in [7, 11) is 0. The van der Waals surface area contributed by atoms with Gasteiger partial charge in [-0.2, -0.15) is 0 Å². The van der Waals surface area contributed by atoms with Crippen molar-refractivity contribution in [3.63, 3.8) is 0 Å². The van der Waals surface area contributed by atoms with Crippen LogP contribution in [0.3, 0.4) is 0 Å². The summed E-state index contributed by atoms with van der Waals surface area (Å²) in [5, 5.41) is 27.0. The number of nitrogens with one attached hydrogen (secondary N) is 2. The van der Waals surface area contributed by atoms with Gasteiger partial charge in [0.1, 0.15) is 10.7 Å². The molecule has 2 N–H and O–H groups in total. The van der Waals surface area contributed by atoms with Gasteiger partial charge >= 0.3 is 0 Å². The number of hydrogen-bond acceptors (Lipinski definition) is 6. The smallest absolute Gasteiger partial charge is 0.293 e. The van der Waals surface area contributed by atoms with Gasteiger partial charge in [-0.05, 0) is 30.7 Å². The number of anilines is 2. The highest BCUT2D eigenvalue weighted by Gasteiger charge is 2.16. The molecule has 2 aromatic carbocycles. The molecule has 25 heavy (non-hydrogen) atoms. The normalized spacial score (nSPS) is 10.2. The summed E-state index contributed by atoms with van der Waals surface area (Å²) in [5.74, 6) is -0.537. The van der Waals surface area contributed by atoms with Gasteiger partial charge in [-0.1, -0.05) is 17.7 Å². The maximum Gasteiger partial charge on any atom is 0.293 e. The summed E-state index contributed by atoms with van der Waals surface area (Å²) in [6.45, 7) is 1.47. The van der Waals surface area contributed by atoms with Crippen molar-refractivity contribution in [3.8, 4) is 0 Å². The van der Waals surface area contributed by atoms with Crippen molar-refractivity contribution in [3.05, 3.63) is 67.2 Å². The largest absolute Gasteiger partial charge is 0.376 e. The minimum absolute atomic E-state index is 0.0183. The number of carbonyl (C=O) groups excluding carboxylic acids is 1. The van der Waals surface area contributed by atoms with E-state index >= 15 is 0 Å². The lowest BCUT2D eigenvalue weighted by molar-refractivity contribution is -0.384. The van der Waals surface area contributed by atoms with E-state index in [2.05, 4.69) is 10.6 Å². The molecule has 0 heterocycles. The molecule has 0 saturated heterocycles. The SMILES string of the molecule is Cc1ccc(NC(=O)CNc2ccc(Cl)c([N+](=O)[O-])c2)c([N+](=O)[O-])c1. The Labute approximate surface area is 146 Å². The summed E-state index contributed by atoms with van der Waals surface area (Å²) in [6.07, 6.45) is 0. The van der Waals surface area contributed by atoms with Gasteiger partial charge in [0.2, 0.25) is 5.91 Å². The Morgan fingerprint density at radius 2 is 1.76 bits per heavy atom. The molecule has 0 aliphatic carbocycles. The average molecular weight is 365 g/mol. The van der Waals surface area contributed by atoms with Crippen LogP contribution in [0.2, 0.25) is 5.02 Å². The summed E-state index contributed by atoms with van der Waals surface area (Å²) < 4.78 is 0. The van der Waals surface area contributed by atoms with Gasteiger partial charge in [0.05, 0.1) is 16.4 Å². The second-order valence-corrected chi connectivity index (χ2v) is 5.51. The van der Waals surface area contributed by atoms with Crippen molar-refractivity contribution >= 4 is 40.3 Å². The molecule has 0 saturated carbocycles. The molecule has 9 nitrogen and oxygen atoms in total. The first-order valence-corrected chi connectivity index (χ1v) is 7.38. The van der Waals surface area contributed by atoms with E-state index in [0.29, 0.717) is 11.3 Å². The molecule has 0 fully saturated rings. The molecular formula is C15H13ClN4O5.